The van der Waals surface area contributed by atoms with Gasteiger partial charge in [-0.15, -0.1) is 12.4 Å². The molecule has 1 atom stereocenters. The van der Waals surface area contributed by atoms with Crippen LogP contribution in [0.3, 0.4) is 0 Å². The minimum atomic E-state index is -0.431. The summed E-state index contributed by atoms with van der Waals surface area (Å²) in [5.74, 6) is -0.616. The third-order valence-corrected chi connectivity index (χ3v) is 4.26. The van der Waals surface area contributed by atoms with Crippen molar-refractivity contribution in [2.24, 2.45) is 0 Å². The standard InChI is InChI=1S/C15H21BrFN3O.ClH/c1-20(12-3-2-7-18-8-6-12)10-15(21)19-14-5-4-11(16)9-13(14)17;/h4-5,9,12,18H,2-3,6-8,10H2,1H3,(H,19,21);1H. The normalized spacial score (nSPS) is 18.5. The van der Waals surface area contributed by atoms with Gasteiger partial charge < -0.3 is 10.6 Å². The number of likely N-dealkylation sites (N-methyl/N-ethyl adjacent to an activating group) is 1. The van der Waals surface area contributed by atoms with Crippen molar-refractivity contribution in [3.63, 3.8) is 0 Å². The van der Waals surface area contributed by atoms with Crippen molar-refractivity contribution in [2.45, 2.75) is 25.3 Å². The predicted molar refractivity (Wildman–Crippen MR) is 93.1 cm³/mol. The quantitative estimate of drug-likeness (QED) is 0.825. The van der Waals surface area contributed by atoms with Crippen LogP contribution < -0.4 is 10.6 Å². The highest BCUT2D eigenvalue weighted by Crippen LogP contribution is 2.19. The highest BCUT2D eigenvalue weighted by Gasteiger charge is 2.19. The SMILES string of the molecule is CN(CC(=O)Nc1ccc(Br)cc1F)C1CCCNCC1.Cl. The van der Waals surface area contributed by atoms with Gasteiger partial charge in [-0.25, -0.2) is 4.39 Å². The number of rotatable bonds is 4. The molecule has 124 valence electrons. The maximum absolute atomic E-state index is 13.7. The number of hydrogen-bond donors (Lipinski definition) is 2. The van der Waals surface area contributed by atoms with Gasteiger partial charge >= 0.3 is 0 Å². The van der Waals surface area contributed by atoms with Gasteiger partial charge in [-0.05, 0) is 57.6 Å². The van der Waals surface area contributed by atoms with Crippen LogP contribution in [0.5, 0.6) is 0 Å². The van der Waals surface area contributed by atoms with Crippen molar-refractivity contribution in [3.8, 4) is 0 Å². The second-order valence-corrected chi connectivity index (χ2v) is 6.34. The molecule has 1 unspecified atom stereocenters. The highest BCUT2D eigenvalue weighted by atomic mass is 79.9. The second-order valence-electron chi connectivity index (χ2n) is 5.42. The van der Waals surface area contributed by atoms with E-state index in [1.54, 1.807) is 12.1 Å². The van der Waals surface area contributed by atoms with Gasteiger partial charge in [-0.2, -0.15) is 0 Å². The molecular formula is C15H22BrClFN3O. The molecule has 1 amide bonds. The Morgan fingerprint density at radius 2 is 2.23 bits per heavy atom. The van der Waals surface area contributed by atoms with E-state index in [4.69, 9.17) is 0 Å². The van der Waals surface area contributed by atoms with Gasteiger partial charge in [0.25, 0.3) is 0 Å². The molecule has 1 fully saturated rings. The minimum Gasteiger partial charge on any atom is -0.322 e. The average molecular weight is 395 g/mol. The van der Waals surface area contributed by atoms with Gasteiger partial charge in [-0.1, -0.05) is 15.9 Å². The lowest BCUT2D eigenvalue weighted by atomic mass is 10.1. The van der Waals surface area contributed by atoms with E-state index in [-0.39, 0.29) is 30.5 Å². The number of amides is 1. The molecule has 0 aliphatic carbocycles. The first-order chi connectivity index (χ1) is 10.1. The molecular weight excluding hydrogens is 373 g/mol. The fourth-order valence-corrected chi connectivity index (χ4v) is 2.91. The van der Waals surface area contributed by atoms with Crippen LogP contribution in [-0.4, -0.2) is 43.5 Å². The van der Waals surface area contributed by atoms with Crippen molar-refractivity contribution >= 4 is 39.9 Å². The first-order valence-corrected chi connectivity index (χ1v) is 8.01. The van der Waals surface area contributed by atoms with Crippen LogP contribution in [0.1, 0.15) is 19.3 Å². The molecule has 0 aromatic heterocycles. The Kier molecular flexibility index (Phi) is 8.31. The van der Waals surface area contributed by atoms with Crippen molar-refractivity contribution in [3.05, 3.63) is 28.5 Å². The maximum atomic E-state index is 13.7. The molecule has 1 heterocycles. The van der Waals surface area contributed by atoms with Crippen molar-refractivity contribution in [1.29, 1.82) is 0 Å². The fourth-order valence-electron chi connectivity index (χ4n) is 2.58. The number of nitrogens with one attached hydrogen (secondary N) is 2. The number of carbonyl (C=O) groups is 1. The molecule has 1 aliphatic heterocycles. The number of carbonyl (C=O) groups excluding carboxylic acids is 1. The van der Waals surface area contributed by atoms with E-state index in [0.717, 1.165) is 32.4 Å². The van der Waals surface area contributed by atoms with Crippen LogP contribution in [0.2, 0.25) is 0 Å². The second kappa shape index (κ2) is 9.45. The third-order valence-electron chi connectivity index (χ3n) is 3.77. The Morgan fingerprint density at radius 3 is 2.95 bits per heavy atom. The Bertz CT molecular complexity index is 496. The lowest BCUT2D eigenvalue weighted by molar-refractivity contribution is -0.117. The zero-order chi connectivity index (χ0) is 15.2. The monoisotopic (exact) mass is 393 g/mol. The zero-order valence-corrected chi connectivity index (χ0v) is 15.0. The fraction of sp³-hybridized carbons (Fsp3) is 0.533. The van der Waals surface area contributed by atoms with Crippen molar-refractivity contribution in [1.82, 2.24) is 10.2 Å². The lowest BCUT2D eigenvalue weighted by Gasteiger charge is -2.26. The van der Waals surface area contributed by atoms with E-state index in [2.05, 4.69) is 31.5 Å². The summed E-state index contributed by atoms with van der Waals surface area (Å²) in [6.45, 7) is 2.30. The molecule has 2 N–H and O–H groups in total. The number of hydrogen-bond acceptors (Lipinski definition) is 3. The predicted octanol–water partition coefficient (Wildman–Crippen LogP) is 3.02. The smallest absolute Gasteiger partial charge is 0.238 e. The van der Waals surface area contributed by atoms with Gasteiger partial charge in [0.1, 0.15) is 5.82 Å². The summed E-state index contributed by atoms with van der Waals surface area (Å²) in [7, 11) is 1.95. The summed E-state index contributed by atoms with van der Waals surface area (Å²) in [6.07, 6.45) is 3.25. The van der Waals surface area contributed by atoms with Crippen LogP contribution in [0.4, 0.5) is 10.1 Å². The molecule has 0 bridgehead atoms. The van der Waals surface area contributed by atoms with E-state index in [1.807, 2.05) is 7.05 Å². The highest BCUT2D eigenvalue weighted by molar-refractivity contribution is 9.10. The Morgan fingerprint density at radius 1 is 1.45 bits per heavy atom. The van der Waals surface area contributed by atoms with Gasteiger partial charge in [0.05, 0.1) is 12.2 Å². The first-order valence-electron chi connectivity index (χ1n) is 7.22. The molecule has 2 rings (SSSR count). The summed E-state index contributed by atoms with van der Waals surface area (Å²) in [5.41, 5.74) is 0.221. The van der Waals surface area contributed by atoms with Crippen molar-refractivity contribution < 1.29 is 9.18 Å². The van der Waals surface area contributed by atoms with Crippen LogP contribution in [0.15, 0.2) is 22.7 Å². The van der Waals surface area contributed by atoms with Gasteiger partial charge in [0, 0.05) is 10.5 Å². The number of nitrogens with zero attached hydrogens (tertiary/aromatic N) is 1. The number of anilines is 1. The molecule has 1 aliphatic rings. The molecule has 0 spiro atoms. The Hall–Kier alpha value is -0.690. The van der Waals surface area contributed by atoms with Gasteiger partial charge in [-0.3, -0.25) is 9.69 Å². The van der Waals surface area contributed by atoms with Gasteiger partial charge in [0.2, 0.25) is 5.91 Å². The lowest BCUT2D eigenvalue weighted by Crippen LogP contribution is -2.38. The van der Waals surface area contributed by atoms with E-state index in [9.17, 15) is 9.18 Å². The Balaban J connectivity index is 0.00000242. The topological polar surface area (TPSA) is 44.4 Å². The summed E-state index contributed by atoms with van der Waals surface area (Å²) in [4.78, 5) is 14.1. The van der Waals surface area contributed by atoms with Crippen LogP contribution in [-0.2, 0) is 4.79 Å². The number of benzene rings is 1. The first kappa shape index (κ1) is 19.4. The molecule has 0 radical (unpaired) electrons. The summed E-state index contributed by atoms with van der Waals surface area (Å²) in [6, 6.07) is 5.02. The van der Waals surface area contributed by atoms with E-state index in [1.165, 1.54) is 6.07 Å². The number of halogens is 3. The summed E-state index contributed by atoms with van der Waals surface area (Å²) in [5, 5.41) is 5.99. The van der Waals surface area contributed by atoms with Crippen LogP contribution >= 0.6 is 28.3 Å². The average Bonchev–Trinajstić information content (AvgIpc) is 2.71. The molecule has 1 aromatic carbocycles. The Labute approximate surface area is 145 Å². The molecule has 22 heavy (non-hydrogen) atoms. The van der Waals surface area contributed by atoms with Crippen LogP contribution in [0, 0.1) is 5.82 Å². The van der Waals surface area contributed by atoms with E-state index < -0.39 is 5.82 Å². The zero-order valence-electron chi connectivity index (χ0n) is 12.6. The van der Waals surface area contributed by atoms with E-state index >= 15 is 0 Å². The van der Waals surface area contributed by atoms with Crippen LogP contribution in [0.25, 0.3) is 0 Å². The third kappa shape index (κ3) is 5.83. The van der Waals surface area contributed by atoms with Gasteiger partial charge in [0.15, 0.2) is 0 Å². The van der Waals surface area contributed by atoms with Crippen molar-refractivity contribution in [2.75, 3.05) is 32.0 Å². The van der Waals surface area contributed by atoms with E-state index in [0.29, 0.717) is 10.5 Å². The molecule has 7 heteroatoms. The molecule has 1 saturated heterocycles. The molecule has 1 aromatic rings. The minimum absolute atomic E-state index is 0. The molecule has 4 nitrogen and oxygen atoms in total. The summed E-state index contributed by atoms with van der Waals surface area (Å²) >= 11 is 3.20. The largest absolute Gasteiger partial charge is 0.322 e. The summed E-state index contributed by atoms with van der Waals surface area (Å²) < 4.78 is 14.3. The molecule has 0 saturated carbocycles. The maximum Gasteiger partial charge on any atom is 0.238 e.